The highest BCUT2D eigenvalue weighted by Crippen LogP contribution is 2.30. The molecule has 0 radical (unpaired) electrons. The topological polar surface area (TPSA) is 64.1 Å². The minimum Gasteiger partial charge on any atom is -0.247 e. The molecule has 0 N–H and O–H groups in total. The molecule has 4 nitrogen and oxygen atoms in total. The molecule has 3 rings (SSSR count). The van der Waals surface area contributed by atoms with Gasteiger partial charge in [0.15, 0.2) is 14.9 Å². The van der Waals surface area contributed by atoms with E-state index in [1.807, 2.05) is 30.3 Å². The van der Waals surface area contributed by atoms with Gasteiger partial charge in [0.25, 0.3) is 0 Å². The van der Waals surface area contributed by atoms with Gasteiger partial charge in [0.2, 0.25) is 0 Å². The summed E-state index contributed by atoms with van der Waals surface area (Å²) in [5, 5.41) is 0.546. The first-order valence-corrected chi connectivity index (χ1v) is 11.1. The van der Waals surface area contributed by atoms with E-state index < -0.39 is 20.6 Å². The van der Waals surface area contributed by atoms with Crippen molar-refractivity contribution in [3.63, 3.8) is 0 Å². The lowest BCUT2D eigenvalue weighted by Crippen LogP contribution is -2.10. The third-order valence-electron chi connectivity index (χ3n) is 3.77. The average Bonchev–Trinajstić information content (AvgIpc) is 2.60. The normalized spacial score (nSPS) is 12.7. The van der Waals surface area contributed by atoms with Crippen LogP contribution in [0.2, 0.25) is 5.02 Å². The zero-order chi connectivity index (χ0) is 18.9. The first kappa shape index (κ1) is 18.8. The maximum Gasteiger partial charge on any atom is 0.178 e. The summed E-state index contributed by atoms with van der Waals surface area (Å²) < 4.78 is 37.7. The third kappa shape index (κ3) is 3.87. The van der Waals surface area contributed by atoms with Crippen LogP contribution in [0, 0.1) is 6.92 Å². The van der Waals surface area contributed by atoms with E-state index in [0.29, 0.717) is 21.2 Å². The van der Waals surface area contributed by atoms with Gasteiger partial charge in [0.05, 0.1) is 5.69 Å². The first-order chi connectivity index (χ1) is 12.3. The van der Waals surface area contributed by atoms with Crippen LogP contribution in [-0.2, 0) is 20.6 Å². The van der Waals surface area contributed by atoms with Crippen LogP contribution < -0.4 is 0 Å². The van der Waals surface area contributed by atoms with Crippen molar-refractivity contribution in [2.75, 3.05) is 6.26 Å². The molecule has 0 saturated carbocycles. The van der Waals surface area contributed by atoms with Crippen LogP contribution in [0.5, 0.6) is 0 Å². The van der Waals surface area contributed by atoms with E-state index in [9.17, 15) is 12.6 Å². The second-order valence-electron chi connectivity index (χ2n) is 5.82. The molecular formula is C19H16ClNO3S2. The molecule has 7 heteroatoms. The Balaban J connectivity index is 2.25. The number of benzene rings is 2. The predicted octanol–water partition coefficient (Wildman–Crippen LogP) is 4.28. The number of pyridine rings is 1. The minimum absolute atomic E-state index is 0.00506. The molecule has 0 saturated heterocycles. The van der Waals surface area contributed by atoms with Crippen LogP contribution >= 0.6 is 11.6 Å². The van der Waals surface area contributed by atoms with Gasteiger partial charge in [-0.2, -0.15) is 0 Å². The lowest BCUT2D eigenvalue weighted by atomic mass is 10.1. The highest BCUT2D eigenvalue weighted by molar-refractivity contribution is 7.92. The maximum atomic E-state index is 13.1. The number of nitrogens with zero attached hydrogens (tertiary/aromatic N) is 1. The molecule has 0 spiro atoms. The van der Waals surface area contributed by atoms with Crippen molar-refractivity contribution in [3.05, 3.63) is 71.2 Å². The Bertz CT molecular complexity index is 1080. The van der Waals surface area contributed by atoms with Crippen molar-refractivity contribution < 1.29 is 12.6 Å². The van der Waals surface area contributed by atoms with Gasteiger partial charge in [-0.15, -0.1) is 0 Å². The molecule has 0 aliphatic heterocycles. The SMILES string of the molecule is Cc1cc(-c2ccccc2)nc([S@](=O)c2ccc(Cl)cc2)c1S(C)(=O)=O. The van der Waals surface area contributed by atoms with E-state index in [0.717, 1.165) is 11.8 Å². The van der Waals surface area contributed by atoms with Crippen LogP contribution in [-0.4, -0.2) is 23.9 Å². The lowest BCUT2D eigenvalue weighted by molar-refractivity contribution is 0.596. The summed E-state index contributed by atoms with van der Waals surface area (Å²) in [6.07, 6.45) is 1.10. The Morgan fingerprint density at radius 2 is 1.62 bits per heavy atom. The molecule has 2 aromatic carbocycles. The van der Waals surface area contributed by atoms with Crippen LogP contribution in [0.15, 0.2) is 75.5 Å². The monoisotopic (exact) mass is 405 g/mol. The van der Waals surface area contributed by atoms with Gasteiger partial charge in [-0.05, 0) is 42.8 Å². The van der Waals surface area contributed by atoms with Crippen LogP contribution in [0.1, 0.15) is 5.56 Å². The summed E-state index contributed by atoms with van der Waals surface area (Å²) in [4.78, 5) is 4.90. The summed E-state index contributed by atoms with van der Waals surface area (Å²) in [5.74, 6) is 0. The Morgan fingerprint density at radius 1 is 1.00 bits per heavy atom. The second-order valence-corrected chi connectivity index (χ2v) is 9.60. The van der Waals surface area contributed by atoms with Gasteiger partial charge < -0.3 is 0 Å². The van der Waals surface area contributed by atoms with Gasteiger partial charge in [0, 0.05) is 21.7 Å². The lowest BCUT2D eigenvalue weighted by Gasteiger charge is -2.13. The molecule has 1 aromatic heterocycles. The van der Waals surface area contributed by atoms with Crippen LogP contribution in [0.3, 0.4) is 0 Å². The average molecular weight is 406 g/mol. The van der Waals surface area contributed by atoms with Crippen molar-refractivity contribution in [2.45, 2.75) is 21.7 Å². The molecule has 0 aliphatic rings. The quantitative estimate of drug-likeness (QED) is 0.649. The van der Waals surface area contributed by atoms with Crippen LogP contribution in [0.25, 0.3) is 11.3 Å². The molecular weight excluding hydrogens is 390 g/mol. The standard InChI is InChI=1S/C19H16ClNO3S2/c1-13-12-17(14-6-4-3-5-7-14)21-19(18(13)26(2,23)24)25(22)16-10-8-15(20)9-11-16/h3-12H,1-2H3/t25-/m1/s1. The fourth-order valence-electron chi connectivity index (χ4n) is 2.64. The highest BCUT2D eigenvalue weighted by atomic mass is 35.5. The number of hydrogen-bond acceptors (Lipinski definition) is 4. The predicted molar refractivity (Wildman–Crippen MR) is 104 cm³/mol. The fourth-order valence-corrected chi connectivity index (χ4v) is 5.57. The van der Waals surface area contributed by atoms with Gasteiger partial charge >= 0.3 is 0 Å². The summed E-state index contributed by atoms with van der Waals surface area (Å²) in [6.45, 7) is 1.69. The van der Waals surface area contributed by atoms with Crippen molar-refractivity contribution in [1.82, 2.24) is 4.98 Å². The number of hydrogen-bond donors (Lipinski definition) is 0. The van der Waals surface area contributed by atoms with Gasteiger partial charge in [-0.25, -0.2) is 17.6 Å². The first-order valence-electron chi connectivity index (χ1n) is 7.72. The van der Waals surface area contributed by atoms with Crippen molar-refractivity contribution in [2.24, 2.45) is 0 Å². The third-order valence-corrected chi connectivity index (χ3v) is 6.76. The molecule has 1 heterocycles. The molecule has 3 aromatic rings. The molecule has 0 amide bonds. The van der Waals surface area contributed by atoms with Crippen molar-refractivity contribution >= 4 is 32.2 Å². The van der Waals surface area contributed by atoms with Gasteiger partial charge in [0.1, 0.15) is 15.7 Å². The highest BCUT2D eigenvalue weighted by Gasteiger charge is 2.24. The van der Waals surface area contributed by atoms with E-state index in [2.05, 4.69) is 4.98 Å². The molecule has 134 valence electrons. The number of aryl methyl sites for hydroxylation is 1. The molecule has 0 bridgehead atoms. The zero-order valence-corrected chi connectivity index (χ0v) is 16.5. The van der Waals surface area contributed by atoms with Crippen molar-refractivity contribution in [1.29, 1.82) is 0 Å². The van der Waals surface area contributed by atoms with E-state index in [4.69, 9.17) is 11.6 Å². The Hall–Kier alpha value is -2.02. The van der Waals surface area contributed by atoms with E-state index in [1.54, 1.807) is 37.3 Å². The Kier molecular flexibility index (Phi) is 5.27. The Labute approximate surface area is 160 Å². The number of rotatable bonds is 4. The molecule has 0 unspecified atom stereocenters. The second kappa shape index (κ2) is 7.31. The largest absolute Gasteiger partial charge is 0.247 e. The summed E-state index contributed by atoms with van der Waals surface area (Å²) in [5.41, 5.74) is 1.91. The molecule has 26 heavy (non-hydrogen) atoms. The molecule has 0 fully saturated rings. The Morgan fingerprint density at radius 3 is 2.19 bits per heavy atom. The van der Waals surface area contributed by atoms with E-state index in [-0.39, 0.29) is 9.92 Å². The van der Waals surface area contributed by atoms with Crippen LogP contribution in [0.4, 0.5) is 0 Å². The van der Waals surface area contributed by atoms with E-state index >= 15 is 0 Å². The number of aromatic nitrogens is 1. The van der Waals surface area contributed by atoms with Crippen molar-refractivity contribution in [3.8, 4) is 11.3 Å². The van der Waals surface area contributed by atoms with Gasteiger partial charge in [-0.3, -0.25) is 0 Å². The van der Waals surface area contributed by atoms with E-state index in [1.165, 1.54) is 0 Å². The minimum atomic E-state index is -3.61. The molecule has 0 aliphatic carbocycles. The number of sulfone groups is 1. The summed E-state index contributed by atoms with van der Waals surface area (Å²) in [7, 11) is -5.36. The molecule has 1 atom stereocenters. The smallest absolute Gasteiger partial charge is 0.178 e. The zero-order valence-electron chi connectivity index (χ0n) is 14.1. The summed E-state index contributed by atoms with van der Waals surface area (Å²) >= 11 is 5.89. The summed E-state index contributed by atoms with van der Waals surface area (Å²) in [6, 6.07) is 17.5. The fraction of sp³-hybridized carbons (Fsp3) is 0.105. The number of halogens is 1. The van der Waals surface area contributed by atoms with Gasteiger partial charge in [-0.1, -0.05) is 41.9 Å². The maximum absolute atomic E-state index is 13.1.